The van der Waals surface area contributed by atoms with Gasteiger partial charge in [-0.1, -0.05) is 0 Å². The molecule has 86 valence electrons. The molecular weight excluding hydrogens is 208 g/mol. The number of carbonyl (C=O) groups excluding carboxylic acids is 1. The summed E-state index contributed by atoms with van der Waals surface area (Å²) in [7, 11) is 0. The molecule has 0 aliphatic carbocycles. The number of carbonyl (C=O) groups is 2. The zero-order valence-corrected chi connectivity index (χ0v) is 9.23. The molecule has 0 spiro atoms. The van der Waals surface area contributed by atoms with E-state index in [4.69, 9.17) is 5.11 Å². The third-order valence-corrected chi connectivity index (χ3v) is 2.25. The SMILES string of the molecule is CC(=O)NC(Cc1cnccc1C)C(=O)O. The van der Waals surface area contributed by atoms with Gasteiger partial charge in [-0.2, -0.15) is 0 Å². The third-order valence-electron chi connectivity index (χ3n) is 2.25. The van der Waals surface area contributed by atoms with Gasteiger partial charge in [-0.05, 0) is 24.1 Å². The molecule has 16 heavy (non-hydrogen) atoms. The minimum atomic E-state index is -1.04. The summed E-state index contributed by atoms with van der Waals surface area (Å²) in [4.78, 5) is 25.7. The predicted molar refractivity (Wildman–Crippen MR) is 57.9 cm³/mol. The number of nitrogens with one attached hydrogen (secondary N) is 1. The van der Waals surface area contributed by atoms with Crippen LogP contribution in [0.4, 0.5) is 0 Å². The van der Waals surface area contributed by atoms with Crippen LogP contribution in [-0.2, 0) is 16.0 Å². The van der Waals surface area contributed by atoms with Gasteiger partial charge in [0.1, 0.15) is 6.04 Å². The second kappa shape index (κ2) is 5.25. The summed E-state index contributed by atoms with van der Waals surface area (Å²) >= 11 is 0. The molecule has 1 amide bonds. The Morgan fingerprint density at radius 1 is 1.56 bits per heavy atom. The van der Waals surface area contributed by atoms with Crippen LogP contribution in [0.2, 0.25) is 0 Å². The Labute approximate surface area is 93.5 Å². The zero-order valence-electron chi connectivity index (χ0n) is 9.23. The first-order valence-electron chi connectivity index (χ1n) is 4.90. The molecule has 1 rings (SSSR count). The first-order valence-corrected chi connectivity index (χ1v) is 4.90. The van der Waals surface area contributed by atoms with Crippen LogP contribution in [0.1, 0.15) is 18.1 Å². The van der Waals surface area contributed by atoms with Crippen molar-refractivity contribution in [2.45, 2.75) is 26.3 Å². The number of aromatic nitrogens is 1. The number of pyridine rings is 1. The number of rotatable bonds is 4. The second-order valence-corrected chi connectivity index (χ2v) is 3.60. The summed E-state index contributed by atoms with van der Waals surface area (Å²) in [6, 6.07) is 0.905. The van der Waals surface area contributed by atoms with E-state index in [1.807, 2.05) is 13.0 Å². The average molecular weight is 222 g/mol. The van der Waals surface area contributed by atoms with Crippen LogP contribution in [-0.4, -0.2) is 28.0 Å². The quantitative estimate of drug-likeness (QED) is 0.778. The summed E-state index contributed by atoms with van der Waals surface area (Å²) in [6.07, 6.45) is 3.51. The van der Waals surface area contributed by atoms with Gasteiger partial charge in [-0.15, -0.1) is 0 Å². The molecule has 1 atom stereocenters. The number of aryl methyl sites for hydroxylation is 1. The molecule has 0 aliphatic rings. The fraction of sp³-hybridized carbons (Fsp3) is 0.364. The zero-order chi connectivity index (χ0) is 12.1. The Kier molecular flexibility index (Phi) is 3.99. The normalized spacial score (nSPS) is 11.9. The molecule has 2 N–H and O–H groups in total. The van der Waals surface area contributed by atoms with Gasteiger partial charge in [0.25, 0.3) is 0 Å². The molecular formula is C11H14N2O3. The Balaban J connectivity index is 2.80. The minimum absolute atomic E-state index is 0.245. The van der Waals surface area contributed by atoms with E-state index in [0.29, 0.717) is 0 Å². The molecule has 1 unspecified atom stereocenters. The van der Waals surface area contributed by atoms with E-state index in [1.54, 1.807) is 12.4 Å². The van der Waals surface area contributed by atoms with Gasteiger partial charge in [0.15, 0.2) is 0 Å². The molecule has 1 aromatic heterocycles. The van der Waals surface area contributed by atoms with Gasteiger partial charge in [0.05, 0.1) is 0 Å². The number of hydrogen-bond donors (Lipinski definition) is 2. The molecule has 0 saturated carbocycles. The van der Waals surface area contributed by atoms with Crippen molar-refractivity contribution in [2.24, 2.45) is 0 Å². The molecule has 1 aromatic rings. The smallest absolute Gasteiger partial charge is 0.326 e. The summed E-state index contributed by atoms with van der Waals surface area (Å²) in [5.41, 5.74) is 1.79. The van der Waals surface area contributed by atoms with E-state index in [-0.39, 0.29) is 12.3 Å². The van der Waals surface area contributed by atoms with Gasteiger partial charge >= 0.3 is 5.97 Å². The molecule has 0 aromatic carbocycles. The second-order valence-electron chi connectivity index (χ2n) is 3.60. The van der Waals surface area contributed by atoms with Crippen LogP contribution in [0.5, 0.6) is 0 Å². The van der Waals surface area contributed by atoms with Gasteiger partial charge in [-0.25, -0.2) is 4.79 Å². The third kappa shape index (κ3) is 3.34. The monoisotopic (exact) mass is 222 g/mol. The summed E-state index contributed by atoms with van der Waals surface area (Å²) in [5, 5.41) is 11.3. The number of hydrogen-bond acceptors (Lipinski definition) is 3. The Morgan fingerprint density at radius 2 is 2.25 bits per heavy atom. The van der Waals surface area contributed by atoms with Crippen LogP contribution < -0.4 is 5.32 Å². The maximum absolute atomic E-state index is 10.9. The van der Waals surface area contributed by atoms with E-state index in [2.05, 4.69) is 10.3 Å². The summed E-state index contributed by atoms with van der Waals surface area (Å²) < 4.78 is 0. The van der Waals surface area contributed by atoms with Crippen molar-refractivity contribution in [3.05, 3.63) is 29.6 Å². The van der Waals surface area contributed by atoms with Gasteiger partial charge in [-0.3, -0.25) is 9.78 Å². The average Bonchev–Trinajstić information content (AvgIpc) is 2.19. The number of nitrogens with zero attached hydrogens (tertiary/aromatic N) is 1. The first kappa shape index (κ1) is 12.2. The standard InChI is InChI=1S/C11H14N2O3/c1-7-3-4-12-6-9(7)5-10(11(15)16)13-8(2)14/h3-4,6,10H,5H2,1-2H3,(H,13,14)(H,15,16). The maximum Gasteiger partial charge on any atom is 0.326 e. The van der Waals surface area contributed by atoms with Crippen LogP contribution in [0.3, 0.4) is 0 Å². The van der Waals surface area contributed by atoms with E-state index < -0.39 is 12.0 Å². The van der Waals surface area contributed by atoms with Crippen molar-refractivity contribution in [3.8, 4) is 0 Å². The lowest BCUT2D eigenvalue weighted by atomic mass is 10.0. The van der Waals surface area contributed by atoms with Gasteiger partial charge in [0, 0.05) is 25.7 Å². The maximum atomic E-state index is 10.9. The van der Waals surface area contributed by atoms with Crippen molar-refractivity contribution in [3.63, 3.8) is 0 Å². The van der Waals surface area contributed by atoms with Crippen molar-refractivity contribution in [2.75, 3.05) is 0 Å². The van der Waals surface area contributed by atoms with Gasteiger partial charge < -0.3 is 10.4 Å². The fourth-order valence-corrected chi connectivity index (χ4v) is 1.38. The lowest BCUT2D eigenvalue weighted by Gasteiger charge is -2.14. The molecule has 0 radical (unpaired) electrons. The lowest BCUT2D eigenvalue weighted by molar-refractivity contribution is -0.141. The van der Waals surface area contributed by atoms with Crippen LogP contribution >= 0.6 is 0 Å². The van der Waals surface area contributed by atoms with Crippen LogP contribution in [0.15, 0.2) is 18.5 Å². The van der Waals surface area contributed by atoms with Crippen molar-refractivity contribution in [1.82, 2.24) is 10.3 Å². The van der Waals surface area contributed by atoms with E-state index in [9.17, 15) is 9.59 Å². The largest absolute Gasteiger partial charge is 0.480 e. The molecule has 5 heteroatoms. The van der Waals surface area contributed by atoms with Crippen molar-refractivity contribution in [1.29, 1.82) is 0 Å². The summed E-state index contributed by atoms with van der Waals surface area (Å²) in [6.45, 7) is 3.18. The van der Waals surface area contributed by atoms with E-state index in [1.165, 1.54) is 6.92 Å². The number of aliphatic carboxylic acids is 1. The topological polar surface area (TPSA) is 79.3 Å². The van der Waals surface area contributed by atoms with Crippen molar-refractivity contribution >= 4 is 11.9 Å². The van der Waals surface area contributed by atoms with Gasteiger partial charge in [0.2, 0.25) is 5.91 Å². The fourth-order valence-electron chi connectivity index (χ4n) is 1.38. The number of carboxylic acids is 1. The van der Waals surface area contributed by atoms with Crippen LogP contribution in [0, 0.1) is 6.92 Å². The number of amides is 1. The van der Waals surface area contributed by atoms with Crippen molar-refractivity contribution < 1.29 is 14.7 Å². The first-order chi connectivity index (χ1) is 7.50. The Morgan fingerprint density at radius 3 is 2.75 bits per heavy atom. The predicted octanol–water partition coefficient (Wildman–Crippen LogP) is 0.522. The highest BCUT2D eigenvalue weighted by molar-refractivity contribution is 5.82. The molecule has 0 bridgehead atoms. The highest BCUT2D eigenvalue weighted by atomic mass is 16.4. The highest BCUT2D eigenvalue weighted by Gasteiger charge is 2.19. The molecule has 0 aliphatic heterocycles. The molecule has 1 heterocycles. The lowest BCUT2D eigenvalue weighted by Crippen LogP contribution is -2.41. The summed E-state index contributed by atoms with van der Waals surface area (Å²) in [5.74, 6) is -1.40. The minimum Gasteiger partial charge on any atom is -0.480 e. The van der Waals surface area contributed by atoms with E-state index >= 15 is 0 Å². The Hall–Kier alpha value is -1.91. The molecule has 0 saturated heterocycles. The van der Waals surface area contributed by atoms with E-state index in [0.717, 1.165) is 11.1 Å². The van der Waals surface area contributed by atoms with Crippen LogP contribution in [0.25, 0.3) is 0 Å². The number of carboxylic acid groups (broad SMARTS) is 1. The Bertz CT molecular complexity index is 404. The highest BCUT2D eigenvalue weighted by Crippen LogP contribution is 2.08. The molecule has 0 fully saturated rings. The molecule has 5 nitrogen and oxygen atoms in total.